The second-order valence-corrected chi connectivity index (χ2v) is 4.06. The SMILES string of the molecule is Nc1cc(-c2ccco2)nn1-c1cc(F)c(F)cc1F. The van der Waals surface area contributed by atoms with Gasteiger partial charge in [0.2, 0.25) is 0 Å². The highest BCUT2D eigenvalue weighted by atomic mass is 19.2. The molecule has 0 amide bonds. The van der Waals surface area contributed by atoms with Crippen LogP contribution in [0.5, 0.6) is 0 Å². The molecule has 4 nitrogen and oxygen atoms in total. The van der Waals surface area contributed by atoms with Gasteiger partial charge in [-0.1, -0.05) is 0 Å². The first-order valence-corrected chi connectivity index (χ1v) is 5.60. The maximum atomic E-state index is 13.7. The molecule has 0 radical (unpaired) electrons. The normalized spacial score (nSPS) is 10.9. The van der Waals surface area contributed by atoms with Gasteiger partial charge in [0, 0.05) is 18.2 Å². The van der Waals surface area contributed by atoms with Gasteiger partial charge in [0.05, 0.1) is 6.26 Å². The Morgan fingerprint density at radius 3 is 2.50 bits per heavy atom. The van der Waals surface area contributed by atoms with Gasteiger partial charge in [-0.2, -0.15) is 5.10 Å². The molecule has 3 aromatic rings. The van der Waals surface area contributed by atoms with Crippen LogP contribution < -0.4 is 5.73 Å². The minimum Gasteiger partial charge on any atom is -0.463 e. The lowest BCUT2D eigenvalue weighted by atomic mass is 10.3. The summed E-state index contributed by atoms with van der Waals surface area (Å²) in [5.41, 5.74) is 5.79. The Labute approximate surface area is 111 Å². The van der Waals surface area contributed by atoms with Crippen LogP contribution >= 0.6 is 0 Å². The highest BCUT2D eigenvalue weighted by Crippen LogP contribution is 2.25. The summed E-state index contributed by atoms with van der Waals surface area (Å²) in [6, 6.07) is 5.88. The van der Waals surface area contributed by atoms with Gasteiger partial charge in [0.15, 0.2) is 23.2 Å². The fraction of sp³-hybridized carbons (Fsp3) is 0. The number of rotatable bonds is 2. The van der Waals surface area contributed by atoms with Crippen molar-refractivity contribution in [2.24, 2.45) is 0 Å². The topological polar surface area (TPSA) is 57.0 Å². The average Bonchev–Trinajstić information content (AvgIpc) is 3.03. The van der Waals surface area contributed by atoms with Gasteiger partial charge in [-0.25, -0.2) is 17.9 Å². The predicted octanol–water partition coefficient (Wildman–Crippen LogP) is 3.13. The van der Waals surface area contributed by atoms with E-state index in [4.69, 9.17) is 10.2 Å². The van der Waals surface area contributed by atoms with E-state index < -0.39 is 17.5 Å². The second kappa shape index (κ2) is 4.44. The van der Waals surface area contributed by atoms with E-state index in [0.29, 0.717) is 23.6 Å². The van der Waals surface area contributed by atoms with E-state index in [-0.39, 0.29) is 11.5 Å². The molecule has 2 aromatic heterocycles. The van der Waals surface area contributed by atoms with Crippen LogP contribution in [0.25, 0.3) is 17.1 Å². The lowest BCUT2D eigenvalue weighted by Gasteiger charge is -2.05. The molecule has 3 rings (SSSR count). The molecule has 102 valence electrons. The zero-order valence-electron chi connectivity index (χ0n) is 9.98. The summed E-state index contributed by atoms with van der Waals surface area (Å²) in [7, 11) is 0. The van der Waals surface area contributed by atoms with Crippen LogP contribution in [0.4, 0.5) is 19.0 Å². The molecular formula is C13H8F3N3O. The molecule has 0 aliphatic rings. The minimum absolute atomic E-state index is 0.0707. The summed E-state index contributed by atoms with van der Waals surface area (Å²) in [6.45, 7) is 0. The second-order valence-electron chi connectivity index (χ2n) is 4.06. The van der Waals surface area contributed by atoms with Gasteiger partial charge >= 0.3 is 0 Å². The molecule has 0 saturated carbocycles. The molecule has 0 atom stereocenters. The minimum atomic E-state index is -1.27. The van der Waals surface area contributed by atoms with E-state index in [0.717, 1.165) is 4.68 Å². The van der Waals surface area contributed by atoms with Crippen molar-refractivity contribution in [3.05, 3.63) is 54.0 Å². The molecule has 0 fully saturated rings. The molecule has 0 spiro atoms. The van der Waals surface area contributed by atoms with E-state index in [1.165, 1.54) is 12.3 Å². The lowest BCUT2D eigenvalue weighted by molar-refractivity contribution is 0.491. The third-order valence-electron chi connectivity index (χ3n) is 2.73. The lowest BCUT2D eigenvalue weighted by Crippen LogP contribution is -2.05. The molecule has 20 heavy (non-hydrogen) atoms. The Bertz CT molecular complexity index is 766. The molecule has 0 aliphatic heterocycles. The first kappa shape index (κ1) is 12.3. The van der Waals surface area contributed by atoms with Crippen LogP contribution in [0.1, 0.15) is 0 Å². The number of hydrogen-bond acceptors (Lipinski definition) is 3. The molecule has 2 N–H and O–H groups in total. The van der Waals surface area contributed by atoms with Crippen molar-refractivity contribution in [2.45, 2.75) is 0 Å². The highest BCUT2D eigenvalue weighted by molar-refractivity contribution is 5.58. The summed E-state index contributed by atoms with van der Waals surface area (Å²) < 4.78 is 45.9. The Morgan fingerprint density at radius 2 is 1.80 bits per heavy atom. The predicted molar refractivity (Wildman–Crippen MR) is 65.6 cm³/mol. The standard InChI is InChI=1S/C13H8F3N3O/c14-7-4-9(16)11(5-8(7)15)19-13(17)6-10(18-19)12-2-1-3-20-12/h1-6H,17H2. The number of nitrogen functional groups attached to an aromatic ring is 1. The number of anilines is 1. The van der Waals surface area contributed by atoms with Gasteiger partial charge < -0.3 is 10.2 Å². The van der Waals surface area contributed by atoms with Crippen LogP contribution in [-0.2, 0) is 0 Å². The maximum Gasteiger partial charge on any atom is 0.161 e. The summed E-state index contributed by atoms with van der Waals surface area (Å²) in [4.78, 5) is 0. The van der Waals surface area contributed by atoms with Gasteiger partial charge in [-0.3, -0.25) is 0 Å². The van der Waals surface area contributed by atoms with Gasteiger partial charge in [0.1, 0.15) is 17.2 Å². The molecule has 0 aliphatic carbocycles. The molecule has 0 unspecified atom stereocenters. The molecule has 7 heteroatoms. The van der Waals surface area contributed by atoms with E-state index >= 15 is 0 Å². The quantitative estimate of drug-likeness (QED) is 0.733. The van der Waals surface area contributed by atoms with Crippen LogP contribution in [0.15, 0.2) is 41.0 Å². The first-order valence-electron chi connectivity index (χ1n) is 5.60. The van der Waals surface area contributed by atoms with E-state index in [9.17, 15) is 13.2 Å². The van der Waals surface area contributed by atoms with Crippen molar-refractivity contribution < 1.29 is 17.6 Å². The van der Waals surface area contributed by atoms with Crippen molar-refractivity contribution in [3.8, 4) is 17.1 Å². The third-order valence-corrected chi connectivity index (χ3v) is 2.73. The number of hydrogen-bond donors (Lipinski definition) is 1. The summed E-state index contributed by atoms with van der Waals surface area (Å²) in [5.74, 6) is -2.93. The molecular weight excluding hydrogens is 271 g/mol. The fourth-order valence-corrected chi connectivity index (χ4v) is 1.81. The van der Waals surface area contributed by atoms with Crippen LogP contribution in [0.2, 0.25) is 0 Å². The van der Waals surface area contributed by atoms with E-state index in [1.54, 1.807) is 12.1 Å². The van der Waals surface area contributed by atoms with Crippen molar-refractivity contribution >= 4 is 5.82 Å². The summed E-state index contributed by atoms with van der Waals surface area (Å²) >= 11 is 0. The molecule has 1 aromatic carbocycles. The van der Waals surface area contributed by atoms with Gasteiger partial charge in [-0.15, -0.1) is 0 Å². The maximum absolute atomic E-state index is 13.7. The number of nitrogens with zero attached hydrogens (tertiary/aromatic N) is 2. The Morgan fingerprint density at radius 1 is 1.05 bits per heavy atom. The Hall–Kier alpha value is -2.70. The zero-order chi connectivity index (χ0) is 14.3. The van der Waals surface area contributed by atoms with Gasteiger partial charge in [0.25, 0.3) is 0 Å². The summed E-state index contributed by atoms with van der Waals surface area (Å²) in [6.07, 6.45) is 1.45. The van der Waals surface area contributed by atoms with Gasteiger partial charge in [-0.05, 0) is 12.1 Å². The third kappa shape index (κ3) is 1.93. The fourth-order valence-electron chi connectivity index (χ4n) is 1.81. The van der Waals surface area contributed by atoms with Crippen molar-refractivity contribution in [2.75, 3.05) is 5.73 Å². The average molecular weight is 279 g/mol. The molecule has 0 bridgehead atoms. The van der Waals surface area contributed by atoms with Crippen molar-refractivity contribution in [1.29, 1.82) is 0 Å². The number of halogens is 3. The molecule has 0 saturated heterocycles. The van der Waals surface area contributed by atoms with Crippen LogP contribution in [-0.4, -0.2) is 9.78 Å². The van der Waals surface area contributed by atoms with Crippen LogP contribution in [0.3, 0.4) is 0 Å². The number of furan rings is 1. The van der Waals surface area contributed by atoms with Crippen LogP contribution in [0, 0.1) is 17.5 Å². The van der Waals surface area contributed by atoms with Crippen molar-refractivity contribution in [3.63, 3.8) is 0 Å². The van der Waals surface area contributed by atoms with Crippen molar-refractivity contribution in [1.82, 2.24) is 9.78 Å². The number of aromatic nitrogens is 2. The smallest absolute Gasteiger partial charge is 0.161 e. The summed E-state index contributed by atoms with van der Waals surface area (Å²) in [5, 5.41) is 4.02. The zero-order valence-corrected chi connectivity index (χ0v) is 9.98. The Kier molecular flexibility index (Phi) is 2.74. The number of benzene rings is 1. The highest BCUT2D eigenvalue weighted by Gasteiger charge is 2.16. The molecule has 2 heterocycles. The first-order chi connectivity index (χ1) is 9.56. The van der Waals surface area contributed by atoms with E-state index in [1.807, 2.05) is 0 Å². The monoisotopic (exact) mass is 279 g/mol. The Balaban J connectivity index is 2.14. The largest absolute Gasteiger partial charge is 0.463 e. The van der Waals surface area contributed by atoms with E-state index in [2.05, 4.69) is 5.10 Å². The number of nitrogens with two attached hydrogens (primary N) is 1.